The normalized spacial score (nSPS) is 12.3. The Morgan fingerprint density at radius 3 is 2.14 bits per heavy atom. The zero-order valence-corrected chi connectivity index (χ0v) is 27.0. The fourth-order valence-corrected chi connectivity index (χ4v) is 5.94. The van der Waals surface area contributed by atoms with Crippen LogP contribution in [0.4, 0.5) is 5.69 Å². The number of nitrogens with one attached hydrogen (secondary N) is 1. The third-order valence-electron chi connectivity index (χ3n) is 6.82. The average Bonchev–Trinajstić information content (AvgIpc) is 2.93. The summed E-state index contributed by atoms with van der Waals surface area (Å²) < 4.78 is 27.4. The Bertz CT molecular complexity index is 1480. The molecule has 1 N–H and O–H groups in total. The van der Waals surface area contributed by atoms with Crippen LogP contribution in [0, 0.1) is 5.92 Å². The molecule has 3 aromatic rings. The summed E-state index contributed by atoms with van der Waals surface area (Å²) in [5.74, 6) is -0.670. The number of sulfonamides is 1. The van der Waals surface area contributed by atoms with Crippen LogP contribution >= 0.6 is 23.2 Å². The minimum atomic E-state index is -3.87. The number of carbonyl (C=O) groups is 2. The third-order valence-corrected chi connectivity index (χ3v) is 8.53. The van der Waals surface area contributed by atoms with Crippen LogP contribution in [0.25, 0.3) is 0 Å². The number of benzene rings is 3. The molecule has 3 aromatic carbocycles. The molecule has 0 bridgehead atoms. The van der Waals surface area contributed by atoms with Crippen molar-refractivity contribution >= 4 is 50.7 Å². The van der Waals surface area contributed by atoms with Gasteiger partial charge in [-0.1, -0.05) is 105 Å². The maximum absolute atomic E-state index is 14.3. The van der Waals surface area contributed by atoms with Gasteiger partial charge in [0.25, 0.3) is 0 Å². The predicted molar refractivity (Wildman–Crippen MR) is 172 cm³/mol. The quantitative estimate of drug-likeness (QED) is 0.240. The van der Waals surface area contributed by atoms with E-state index in [1.807, 2.05) is 70.2 Å². The topological polar surface area (TPSA) is 86.8 Å². The summed E-state index contributed by atoms with van der Waals surface area (Å²) in [5, 5.41) is 3.74. The summed E-state index contributed by atoms with van der Waals surface area (Å²) in [6.07, 6.45) is 1.30. The van der Waals surface area contributed by atoms with Gasteiger partial charge in [0.2, 0.25) is 21.8 Å². The summed E-state index contributed by atoms with van der Waals surface area (Å²) in [6.45, 7) is 7.81. The molecule has 3 rings (SSSR count). The zero-order valence-electron chi connectivity index (χ0n) is 24.7. The lowest BCUT2D eigenvalue weighted by molar-refractivity contribution is -0.140. The maximum Gasteiger partial charge on any atom is 0.244 e. The fourth-order valence-electron chi connectivity index (χ4n) is 4.61. The highest BCUT2D eigenvalue weighted by molar-refractivity contribution is 7.92. The van der Waals surface area contributed by atoms with Crippen LogP contribution in [-0.2, 0) is 32.6 Å². The van der Waals surface area contributed by atoms with Gasteiger partial charge in [-0.15, -0.1) is 0 Å². The number of para-hydroxylation sites is 1. The molecule has 0 aliphatic carbocycles. The van der Waals surface area contributed by atoms with Crippen molar-refractivity contribution in [3.05, 3.63) is 99.5 Å². The molecule has 10 heteroatoms. The van der Waals surface area contributed by atoms with Crippen molar-refractivity contribution in [2.24, 2.45) is 5.92 Å². The molecule has 0 aliphatic rings. The van der Waals surface area contributed by atoms with Gasteiger partial charge in [-0.25, -0.2) is 8.42 Å². The lowest BCUT2D eigenvalue weighted by atomic mass is 10.0. The smallest absolute Gasteiger partial charge is 0.244 e. The molecule has 0 heterocycles. The Balaban J connectivity index is 2.11. The summed E-state index contributed by atoms with van der Waals surface area (Å²) in [5.41, 5.74) is 2.65. The van der Waals surface area contributed by atoms with E-state index in [9.17, 15) is 18.0 Å². The SMILES string of the molecule is CC(C)CNC(=O)[C@@H](Cc1ccccc1)N(Cc1ccc(Cl)cc1Cl)C(=O)CN(c1ccccc1C(C)C)S(C)(=O)=O. The molecular formula is C32H39Cl2N3O4S. The van der Waals surface area contributed by atoms with Crippen molar-refractivity contribution in [2.75, 3.05) is 23.7 Å². The average molecular weight is 633 g/mol. The molecule has 226 valence electrons. The summed E-state index contributed by atoms with van der Waals surface area (Å²) in [4.78, 5) is 29.4. The molecule has 0 radical (unpaired) electrons. The van der Waals surface area contributed by atoms with Crippen LogP contribution in [0.2, 0.25) is 10.0 Å². The van der Waals surface area contributed by atoms with E-state index in [0.29, 0.717) is 27.8 Å². The molecule has 0 saturated heterocycles. The standard InChI is InChI=1S/C32H39Cl2N3O4S/c1-22(2)19-35-32(39)30(17-24-11-7-6-8-12-24)36(20-25-15-16-26(33)18-28(25)34)31(38)21-37(42(5,40)41)29-14-10-9-13-27(29)23(3)4/h6-16,18,22-23,30H,17,19-21H2,1-5H3,(H,35,39)/t30-/m1/s1. The molecule has 7 nitrogen and oxygen atoms in total. The van der Waals surface area contributed by atoms with Crippen molar-refractivity contribution in [3.8, 4) is 0 Å². The highest BCUT2D eigenvalue weighted by Crippen LogP contribution is 2.30. The molecule has 42 heavy (non-hydrogen) atoms. The van der Waals surface area contributed by atoms with Gasteiger partial charge in [0, 0.05) is 29.6 Å². The van der Waals surface area contributed by atoms with Gasteiger partial charge < -0.3 is 10.2 Å². The largest absolute Gasteiger partial charge is 0.354 e. The fraction of sp³-hybridized carbons (Fsp3) is 0.375. The second kappa shape index (κ2) is 14.9. The van der Waals surface area contributed by atoms with Gasteiger partial charge in [-0.05, 0) is 46.7 Å². The molecule has 2 amide bonds. The van der Waals surface area contributed by atoms with Crippen LogP contribution in [-0.4, -0.2) is 50.5 Å². The van der Waals surface area contributed by atoms with Crippen LogP contribution in [0.5, 0.6) is 0 Å². The number of anilines is 1. The van der Waals surface area contributed by atoms with Crippen molar-refractivity contribution in [3.63, 3.8) is 0 Å². The molecule has 0 saturated carbocycles. The summed E-state index contributed by atoms with van der Waals surface area (Å²) in [7, 11) is -3.87. The molecule has 0 fully saturated rings. The number of carbonyl (C=O) groups excluding carboxylic acids is 2. The summed E-state index contributed by atoms with van der Waals surface area (Å²) >= 11 is 12.7. The number of rotatable bonds is 13. The van der Waals surface area contributed by atoms with Crippen LogP contribution in [0.3, 0.4) is 0 Å². The van der Waals surface area contributed by atoms with Gasteiger partial charge in [0.15, 0.2) is 0 Å². The monoisotopic (exact) mass is 631 g/mol. The number of hydrogen-bond donors (Lipinski definition) is 1. The van der Waals surface area contributed by atoms with E-state index in [2.05, 4.69) is 5.32 Å². The van der Waals surface area contributed by atoms with Crippen LogP contribution in [0.1, 0.15) is 50.3 Å². The van der Waals surface area contributed by atoms with Gasteiger partial charge >= 0.3 is 0 Å². The second-order valence-corrected chi connectivity index (χ2v) is 13.8. The van der Waals surface area contributed by atoms with Crippen molar-refractivity contribution < 1.29 is 18.0 Å². The highest BCUT2D eigenvalue weighted by Gasteiger charge is 2.34. The molecule has 1 atom stereocenters. The van der Waals surface area contributed by atoms with Gasteiger partial charge in [-0.2, -0.15) is 0 Å². The van der Waals surface area contributed by atoms with Crippen LogP contribution < -0.4 is 9.62 Å². The number of halogens is 2. The first-order valence-corrected chi connectivity index (χ1v) is 16.5. The summed E-state index contributed by atoms with van der Waals surface area (Å²) in [6, 6.07) is 20.5. The van der Waals surface area contributed by atoms with Crippen LogP contribution in [0.15, 0.2) is 72.8 Å². The molecule has 0 unspecified atom stereocenters. The Labute approximate surface area is 259 Å². The first kappa shape index (κ1) is 33.4. The van der Waals surface area contributed by atoms with E-state index in [4.69, 9.17) is 23.2 Å². The molecule has 0 aromatic heterocycles. The number of nitrogens with zero attached hydrogens (tertiary/aromatic N) is 2. The Hall–Kier alpha value is -3.07. The van der Waals surface area contributed by atoms with E-state index in [0.717, 1.165) is 21.7 Å². The Kier molecular flexibility index (Phi) is 11.9. The lowest BCUT2D eigenvalue weighted by Crippen LogP contribution is -2.53. The number of amides is 2. The zero-order chi connectivity index (χ0) is 31.0. The first-order valence-electron chi connectivity index (χ1n) is 13.9. The third kappa shape index (κ3) is 9.21. The molecule has 0 spiro atoms. The Morgan fingerprint density at radius 2 is 1.55 bits per heavy atom. The van der Waals surface area contributed by atoms with Crippen molar-refractivity contribution in [1.29, 1.82) is 0 Å². The van der Waals surface area contributed by atoms with Gasteiger partial charge in [-0.3, -0.25) is 13.9 Å². The first-order chi connectivity index (χ1) is 19.8. The second-order valence-electron chi connectivity index (χ2n) is 11.1. The molecular weight excluding hydrogens is 593 g/mol. The van der Waals surface area contributed by atoms with Gasteiger partial charge in [0.05, 0.1) is 11.9 Å². The van der Waals surface area contributed by atoms with Crippen molar-refractivity contribution in [1.82, 2.24) is 10.2 Å². The molecule has 0 aliphatic heterocycles. The predicted octanol–water partition coefficient (Wildman–Crippen LogP) is 6.30. The van der Waals surface area contributed by atoms with E-state index in [1.54, 1.807) is 30.3 Å². The van der Waals surface area contributed by atoms with E-state index in [-0.39, 0.29) is 30.7 Å². The number of hydrogen-bond acceptors (Lipinski definition) is 4. The van der Waals surface area contributed by atoms with E-state index in [1.165, 1.54) is 4.90 Å². The maximum atomic E-state index is 14.3. The highest BCUT2D eigenvalue weighted by atomic mass is 35.5. The minimum absolute atomic E-state index is 0.0113. The minimum Gasteiger partial charge on any atom is -0.354 e. The van der Waals surface area contributed by atoms with E-state index >= 15 is 0 Å². The Morgan fingerprint density at radius 1 is 0.905 bits per heavy atom. The van der Waals surface area contributed by atoms with Crippen molar-refractivity contribution in [2.45, 2.75) is 52.6 Å². The lowest BCUT2D eigenvalue weighted by Gasteiger charge is -2.34. The van der Waals surface area contributed by atoms with E-state index < -0.39 is 28.5 Å². The van der Waals surface area contributed by atoms with Gasteiger partial charge in [0.1, 0.15) is 12.6 Å².